The maximum Gasteiger partial charge on any atom is 0.0798 e. The molecule has 0 bridgehead atoms. The number of methoxy groups -OCH3 is 1. The molecule has 21 heavy (non-hydrogen) atoms. The molecule has 0 atom stereocenters. The summed E-state index contributed by atoms with van der Waals surface area (Å²) in [5.41, 5.74) is 5.60. The van der Waals surface area contributed by atoms with Gasteiger partial charge in [-0.3, -0.25) is 0 Å². The predicted octanol–water partition coefficient (Wildman–Crippen LogP) is 2.82. The maximum absolute atomic E-state index is 5.06. The second-order valence-corrected chi connectivity index (χ2v) is 5.95. The fourth-order valence-corrected chi connectivity index (χ4v) is 3.04. The lowest BCUT2D eigenvalue weighted by Gasteiger charge is -2.22. The quantitative estimate of drug-likeness (QED) is 0.761. The Bertz CT molecular complexity index is 556. The van der Waals surface area contributed by atoms with Crippen LogP contribution in [0.15, 0.2) is 29.8 Å². The van der Waals surface area contributed by atoms with Gasteiger partial charge in [-0.25, -0.2) is 4.98 Å². The third-order valence-electron chi connectivity index (χ3n) is 3.43. The van der Waals surface area contributed by atoms with Crippen LogP contribution in [-0.4, -0.2) is 32.3 Å². The highest BCUT2D eigenvalue weighted by atomic mass is 32.1. The summed E-state index contributed by atoms with van der Waals surface area (Å²) in [7, 11) is 3.86. The fourth-order valence-electron chi connectivity index (χ4n) is 2.21. The molecule has 0 spiro atoms. The van der Waals surface area contributed by atoms with Crippen LogP contribution in [0, 0.1) is 6.92 Å². The van der Waals surface area contributed by atoms with E-state index in [1.165, 1.54) is 16.1 Å². The average molecular weight is 305 g/mol. The number of ether oxygens (including phenoxy) is 1. The Morgan fingerprint density at radius 3 is 2.86 bits per heavy atom. The number of benzene rings is 1. The zero-order valence-corrected chi connectivity index (χ0v) is 13.7. The van der Waals surface area contributed by atoms with Gasteiger partial charge in [0.15, 0.2) is 0 Å². The van der Waals surface area contributed by atoms with Gasteiger partial charge in [-0.2, -0.15) is 0 Å². The van der Waals surface area contributed by atoms with Crippen molar-refractivity contribution in [1.82, 2.24) is 10.3 Å². The lowest BCUT2D eigenvalue weighted by Crippen LogP contribution is -2.22. The molecule has 0 fully saturated rings. The second-order valence-electron chi connectivity index (χ2n) is 5.02. The van der Waals surface area contributed by atoms with Crippen molar-refractivity contribution in [2.24, 2.45) is 0 Å². The summed E-state index contributed by atoms with van der Waals surface area (Å²) in [6.07, 6.45) is 0. The van der Waals surface area contributed by atoms with Crippen LogP contribution < -0.4 is 10.2 Å². The van der Waals surface area contributed by atoms with Crippen molar-refractivity contribution in [3.8, 4) is 0 Å². The summed E-state index contributed by atoms with van der Waals surface area (Å²) < 4.78 is 5.06. The summed E-state index contributed by atoms with van der Waals surface area (Å²) in [5.74, 6) is 0. The van der Waals surface area contributed by atoms with E-state index in [1.54, 1.807) is 18.4 Å². The van der Waals surface area contributed by atoms with E-state index >= 15 is 0 Å². The third-order valence-corrected chi connectivity index (χ3v) is 4.35. The zero-order valence-electron chi connectivity index (χ0n) is 12.9. The van der Waals surface area contributed by atoms with Crippen LogP contribution in [0.5, 0.6) is 0 Å². The molecule has 5 heteroatoms. The van der Waals surface area contributed by atoms with Gasteiger partial charge >= 0.3 is 0 Å². The molecule has 1 N–H and O–H groups in total. The van der Waals surface area contributed by atoms with Crippen LogP contribution in [0.3, 0.4) is 0 Å². The van der Waals surface area contributed by atoms with Crippen molar-refractivity contribution < 1.29 is 4.74 Å². The van der Waals surface area contributed by atoms with Gasteiger partial charge in [-0.05, 0) is 18.6 Å². The van der Waals surface area contributed by atoms with Gasteiger partial charge in [0.05, 0.1) is 24.4 Å². The Hall–Kier alpha value is -1.43. The first kappa shape index (κ1) is 15.9. The minimum absolute atomic E-state index is 0.734. The Balaban J connectivity index is 2.02. The number of hydrogen-bond donors (Lipinski definition) is 1. The monoisotopic (exact) mass is 305 g/mol. The highest BCUT2D eigenvalue weighted by molar-refractivity contribution is 7.09. The SMILES string of the molecule is COCCNCc1ccccc1N(C)Cc1scnc1C. The van der Waals surface area contributed by atoms with Gasteiger partial charge in [0.1, 0.15) is 0 Å². The molecule has 0 aliphatic rings. The van der Waals surface area contributed by atoms with Gasteiger partial charge < -0.3 is 15.0 Å². The van der Waals surface area contributed by atoms with Crippen LogP contribution in [0.2, 0.25) is 0 Å². The summed E-state index contributed by atoms with van der Waals surface area (Å²) >= 11 is 1.72. The average Bonchev–Trinajstić information content (AvgIpc) is 2.89. The third kappa shape index (κ3) is 4.52. The normalized spacial score (nSPS) is 10.8. The lowest BCUT2D eigenvalue weighted by atomic mass is 10.1. The summed E-state index contributed by atoms with van der Waals surface area (Å²) in [6, 6.07) is 8.52. The van der Waals surface area contributed by atoms with Gasteiger partial charge in [-0.15, -0.1) is 11.3 Å². The molecular formula is C16H23N3OS. The second kappa shape index (κ2) is 8.12. The molecule has 0 aliphatic carbocycles. The number of para-hydroxylation sites is 1. The van der Waals surface area contributed by atoms with Crippen molar-refractivity contribution in [1.29, 1.82) is 0 Å². The number of nitrogens with one attached hydrogen (secondary N) is 1. The number of nitrogens with zero attached hydrogens (tertiary/aromatic N) is 2. The fraction of sp³-hybridized carbons (Fsp3) is 0.438. The molecular weight excluding hydrogens is 282 g/mol. The van der Waals surface area contributed by atoms with E-state index < -0.39 is 0 Å². The molecule has 0 saturated carbocycles. The van der Waals surface area contributed by atoms with Crippen LogP contribution in [-0.2, 0) is 17.8 Å². The molecule has 4 nitrogen and oxygen atoms in total. The molecule has 1 aromatic heterocycles. The Labute approximate surface area is 130 Å². The zero-order chi connectivity index (χ0) is 15.1. The van der Waals surface area contributed by atoms with Gasteiger partial charge in [0.2, 0.25) is 0 Å². The topological polar surface area (TPSA) is 37.4 Å². The standard InChI is InChI=1S/C16H23N3OS/c1-13-16(21-12-18-13)11-19(2)15-7-5-4-6-14(15)10-17-8-9-20-3/h4-7,12,17H,8-11H2,1-3H3. The van der Waals surface area contributed by atoms with Crippen molar-refractivity contribution in [2.45, 2.75) is 20.0 Å². The number of rotatable bonds is 8. The first-order chi connectivity index (χ1) is 10.2. The predicted molar refractivity (Wildman–Crippen MR) is 89.0 cm³/mol. The molecule has 114 valence electrons. The van der Waals surface area contributed by atoms with E-state index in [-0.39, 0.29) is 0 Å². The van der Waals surface area contributed by atoms with Crippen LogP contribution in [0.25, 0.3) is 0 Å². The molecule has 0 amide bonds. The Kier molecular flexibility index (Phi) is 6.17. The number of thiazole rings is 1. The molecule has 0 unspecified atom stereocenters. The van der Waals surface area contributed by atoms with E-state index in [1.807, 2.05) is 5.51 Å². The molecule has 2 aromatic rings. The van der Waals surface area contributed by atoms with Crippen LogP contribution >= 0.6 is 11.3 Å². The van der Waals surface area contributed by atoms with Crippen molar-refractivity contribution >= 4 is 17.0 Å². The minimum Gasteiger partial charge on any atom is -0.383 e. The first-order valence-corrected chi connectivity index (χ1v) is 7.98. The Morgan fingerprint density at radius 1 is 1.33 bits per heavy atom. The van der Waals surface area contributed by atoms with Crippen molar-refractivity contribution in [3.63, 3.8) is 0 Å². The van der Waals surface area contributed by atoms with Crippen LogP contribution in [0.4, 0.5) is 5.69 Å². The molecule has 0 aliphatic heterocycles. The lowest BCUT2D eigenvalue weighted by molar-refractivity contribution is 0.199. The molecule has 1 aromatic carbocycles. The highest BCUT2D eigenvalue weighted by Gasteiger charge is 2.10. The highest BCUT2D eigenvalue weighted by Crippen LogP contribution is 2.23. The van der Waals surface area contributed by atoms with E-state index in [9.17, 15) is 0 Å². The summed E-state index contributed by atoms with van der Waals surface area (Å²) in [6.45, 7) is 5.41. The molecule has 0 radical (unpaired) electrons. The van der Waals surface area contributed by atoms with E-state index in [0.29, 0.717) is 0 Å². The number of aromatic nitrogens is 1. The number of anilines is 1. The largest absolute Gasteiger partial charge is 0.383 e. The van der Waals surface area contributed by atoms with Crippen molar-refractivity contribution in [2.75, 3.05) is 32.2 Å². The Morgan fingerprint density at radius 2 is 2.14 bits per heavy atom. The van der Waals surface area contributed by atoms with E-state index in [2.05, 4.69) is 53.4 Å². The number of aryl methyl sites for hydroxylation is 1. The molecule has 0 saturated heterocycles. The smallest absolute Gasteiger partial charge is 0.0798 e. The first-order valence-electron chi connectivity index (χ1n) is 7.10. The van der Waals surface area contributed by atoms with Crippen LogP contribution in [0.1, 0.15) is 16.1 Å². The maximum atomic E-state index is 5.06. The van der Waals surface area contributed by atoms with Gasteiger partial charge in [-0.1, -0.05) is 18.2 Å². The van der Waals surface area contributed by atoms with E-state index in [0.717, 1.165) is 31.9 Å². The van der Waals surface area contributed by atoms with Crippen molar-refractivity contribution in [3.05, 3.63) is 45.9 Å². The summed E-state index contributed by atoms with van der Waals surface area (Å²) in [4.78, 5) is 7.93. The molecule has 1 heterocycles. The molecule has 2 rings (SSSR count). The van der Waals surface area contributed by atoms with E-state index in [4.69, 9.17) is 4.74 Å². The number of hydrogen-bond acceptors (Lipinski definition) is 5. The van der Waals surface area contributed by atoms with Gasteiger partial charge in [0, 0.05) is 37.8 Å². The summed E-state index contributed by atoms with van der Waals surface area (Å²) in [5, 5.41) is 3.41. The minimum atomic E-state index is 0.734. The van der Waals surface area contributed by atoms with Gasteiger partial charge in [0.25, 0.3) is 0 Å².